The molecule has 0 spiro atoms. The van der Waals surface area contributed by atoms with Crippen molar-refractivity contribution in [3.63, 3.8) is 0 Å². The molecule has 0 radical (unpaired) electrons. The van der Waals surface area contributed by atoms with Crippen LogP contribution in [0.25, 0.3) is 0 Å². The predicted molar refractivity (Wildman–Crippen MR) is 66.5 cm³/mol. The summed E-state index contributed by atoms with van der Waals surface area (Å²) in [7, 11) is 2.15. The first kappa shape index (κ1) is 13.9. The molecule has 1 saturated heterocycles. The molecular weight excluding hydrogens is 202 g/mol. The van der Waals surface area contributed by atoms with Crippen molar-refractivity contribution in [3.8, 4) is 0 Å². The number of aliphatic hydroxyl groups excluding tert-OH is 1. The zero-order chi connectivity index (χ0) is 12.0. The second kappa shape index (κ2) is 6.58. The molecule has 1 aliphatic heterocycles. The maximum atomic E-state index is 9.22. The highest BCUT2D eigenvalue weighted by Gasteiger charge is 2.20. The van der Waals surface area contributed by atoms with E-state index in [0.29, 0.717) is 0 Å². The lowest BCUT2D eigenvalue weighted by molar-refractivity contribution is 0.0575. The van der Waals surface area contributed by atoms with Gasteiger partial charge in [0.1, 0.15) is 0 Å². The third-order valence-electron chi connectivity index (χ3n) is 3.39. The fraction of sp³-hybridized carbons (Fsp3) is 1.00. The van der Waals surface area contributed by atoms with Crippen LogP contribution >= 0.6 is 0 Å². The molecule has 1 aliphatic rings. The molecule has 0 amide bonds. The van der Waals surface area contributed by atoms with Crippen LogP contribution in [-0.4, -0.2) is 50.0 Å². The Hall–Kier alpha value is -0.120. The predicted octanol–water partition coefficient (Wildman–Crippen LogP) is 1.75. The van der Waals surface area contributed by atoms with E-state index in [4.69, 9.17) is 4.74 Å². The molecule has 0 aromatic rings. The number of nitrogens with zero attached hydrogens (tertiary/aromatic N) is 1. The molecule has 0 aromatic carbocycles. The first-order valence-electron chi connectivity index (χ1n) is 6.41. The van der Waals surface area contributed by atoms with Gasteiger partial charge in [0.2, 0.25) is 0 Å². The van der Waals surface area contributed by atoms with Crippen LogP contribution in [0.4, 0.5) is 0 Å². The smallest absolute Gasteiger partial charge is 0.0494 e. The first-order valence-corrected chi connectivity index (χ1v) is 6.41. The fourth-order valence-corrected chi connectivity index (χ4v) is 2.30. The summed E-state index contributed by atoms with van der Waals surface area (Å²) in [5, 5.41) is 9.22. The van der Waals surface area contributed by atoms with E-state index >= 15 is 0 Å². The molecule has 1 rings (SSSR count). The molecule has 0 atom stereocenters. The summed E-state index contributed by atoms with van der Waals surface area (Å²) < 4.78 is 5.36. The van der Waals surface area contributed by atoms with Crippen molar-refractivity contribution in [2.75, 3.05) is 40.0 Å². The van der Waals surface area contributed by atoms with Gasteiger partial charge in [-0.3, -0.25) is 0 Å². The molecule has 16 heavy (non-hydrogen) atoms. The van der Waals surface area contributed by atoms with E-state index in [-0.39, 0.29) is 12.0 Å². The third kappa shape index (κ3) is 5.28. The summed E-state index contributed by atoms with van der Waals surface area (Å²) in [6.45, 7) is 8.46. The molecule has 1 fully saturated rings. The third-order valence-corrected chi connectivity index (χ3v) is 3.39. The molecule has 3 nitrogen and oxygen atoms in total. The molecule has 3 heteroatoms. The Morgan fingerprint density at radius 2 is 1.94 bits per heavy atom. The van der Waals surface area contributed by atoms with Gasteiger partial charge in [-0.25, -0.2) is 0 Å². The molecule has 0 aromatic heterocycles. The van der Waals surface area contributed by atoms with Gasteiger partial charge in [0.25, 0.3) is 0 Å². The van der Waals surface area contributed by atoms with E-state index in [1.807, 2.05) is 0 Å². The van der Waals surface area contributed by atoms with Gasteiger partial charge in [0.05, 0.1) is 0 Å². The van der Waals surface area contributed by atoms with Crippen LogP contribution in [0.2, 0.25) is 0 Å². The summed E-state index contributed by atoms with van der Waals surface area (Å²) >= 11 is 0. The molecule has 1 heterocycles. The minimum Gasteiger partial charge on any atom is -0.396 e. The van der Waals surface area contributed by atoms with Crippen molar-refractivity contribution >= 4 is 0 Å². The molecule has 0 unspecified atom stereocenters. The number of ether oxygens (including phenoxy) is 1. The average Bonchev–Trinajstić information content (AvgIpc) is 2.27. The molecular formula is C13H27NO2. The van der Waals surface area contributed by atoms with E-state index in [1.54, 1.807) is 0 Å². The number of hydrogen-bond acceptors (Lipinski definition) is 3. The van der Waals surface area contributed by atoms with Gasteiger partial charge >= 0.3 is 0 Å². The quantitative estimate of drug-likeness (QED) is 0.753. The maximum Gasteiger partial charge on any atom is 0.0494 e. The van der Waals surface area contributed by atoms with Gasteiger partial charge < -0.3 is 14.7 Å². The van der Waals surface area contributed by atoms with E-state index in [2.05, 4.69) is 25.8 Å². The van der Waals surface area contributed by atoms with Gasteiger partial charge in [0.15, 0.2) is 0 Å². The standard InChI is InChI=1S/C13H27NO2/c1-13(2,11-15)10-14(3)7-4-12-5-8-16-9-6-12/h12,15H,4-11H2,1-3H3. The van der Waals surface area contributed by atoms with Crippen LogP contribution in [0, 0.1) is 11.3 Å². The Kier molecular flexibility index (Phi) is 5.73. The van der Waals surface area contributed by atoms with Crippen molar-refractivity contribution in [2.24, 2.45) is 11.3 Å². The summed E-state index contributed by atoms with van der Waals surface area (Å²) in [6.07, 6.45) is 3.70. The van der Waals surface area contributed by atoms with Gasteiger partial charge in [-0.1, -0.05) is 13.8 Å². The van der Waals surface area contributed by atoms with Crippen LogP contribution in [0.15, 0.2) is 0 Å². The van der Waals surface area contributed by atoms with Crippen molar-refractivity contribution in [3.05, 3.63) is 0 Å². The molecule has 96 valence electrons. The molecule has 1 N–H and O–H groups in total. The zero-order valence-corrected chi connectivity index (χ0v) is 11.0. The fourth-order valence-electron chi connectivity index (χ4n) is 2.30. The summed E-state index contributed by atoms with van der Waals surface area (Å²) in [5.74, 6) is 0.841. The Morgan fingerprint density at radius 1 is 1.31 bits per heavy atom. The van der Waals surface area contributed by atoms with Crippen molar-refractivity contribution in [1.82, 2.24) is 4.90 Å². The van der Waals surface area contributed by atoms with Crippen LogP contribution in [-0.2, 0) is 4.74 Å². The highest BCUT2D eigenvalue weighted by molar-refractivity contribution is 4.72. The number of aliphatic hydroxyl groups is 1. The Labute approximate surface area is 99.8 Å². The largest absolute Gasteiger partial charge is 0.396 e. The second-order valence-electron chi connectivity index (χ2n) is 5.90. The lowest BCUT2D eigenvalue weighted by atomic mass is 9.93. The van der Waals surface area contributed by atoms with Gasteiger partial charge in [0, 0.05) is 31.8 Å². The molecule has 0 saturated carbocycles. The van der Waals surface area contributed by atoms with E-state index in [9.17, 15) is 5.11 Å². The zero-order valence-electron chi connectivity index (χ0n) is 11.0. The summed E-state index contributed by atoms with van der Waals surface area (Å²) in [6, 6.07) is 0. The molecule has 0 bridgehead atoms. The maximum absolute atomic E-state index is 9.22. The van der Waals surface area contributed by atoms with Crippen LogP contribution in [0.1, 0.15) is 33.1 Å². The number of hydrogen-bond donors (Lipinski definition) is 1. The van der Waals surface area contributed by atoms with Crippen LogP contribution < -0.4 is 0 Å². The van der Waals surface area contributed by atoms with Gasteiger partial charge in [-0.15, -0.1) is 0 Å². The minimum atomic E-state index is 0.0183. The lowest BCUT2D eigenvalue weighted by Gasteiger charge is -2.30. The Morgan fingerprint density at radius 3 is 2.50 bits per heavy atom. The van der Waals surface area contributed by atoms with E-state index < -0.39 is 0 Å². The highest BCUT2D eigenvalue weighted by atomic mass is 16.5. The normalized spacial score (nSPS) is 19.3. The second-order valence-corrected chi connectivity index (χ2v) is 5.90. The minimum absolute atomic E-state index is 0.0183. The highest BCUT2D eigenvalue weighted by Crippen LogP contribution is 2.20. The average molecular weight is 229 g/mol. The van der Waals surface area contributed by atoms with Crippen molar-refractivity contribution < 1.29 is 9.84 Å². The monoisotopic (exact) mass is 229 g/mol. The Bertz CT molecular complexity index is 188. The Balaban J connectivity index is 2.16. The van der Waals surface area contributed by atoms with Gasteiger partial charge in [-0.05, 0) is 38.8 Å². The number of rotatable bonds is 6. The summed E-state index contributed by atoms with van der Waals surface area (Å²) in [4.78, 5) is 2.34. The summed E-state index contributed by atoms with van der Waals surface area (Å²) in [5.41, 5.74) is 0.0183. The van der Waals surface area contributed by atoms with E-state index in [0.717, 1.165) is 32.2 Å². The van der Waals surface area contributed by atoms with Crippen molar-refractivity contribution in [1.29, 1.82) is 0 Å². The van der Waals surface area contributed by atoms with Gasteiger partial charge in [-0.2, -0.15) is 0 Å². The molecule has 0 aliphatic carbocycles. The van der Waals surface area contributed by atoms with Crippen LogP contribution in [0.3, 0.4) is 0 Å². The van der Waals surface area contributed by atoms with Crippen LogP contribution in [0.5, 0.6) is 0 Å². The topological polar surface area (TPSA) is 32.7 Å². The SMILES string of the molecule is CN(CCC1CCOCC1)CC(C)(C)CO. The van der Waals surface area contributed by atoms with Crippen molar-refractivity contribution in [2.45, 2.75) is 33.1 Å². The van der Waals surface area contributed by atoms with E-state index in [1.165, 1.54) is 19.3 Å². The lowest BCUT2D eigenvalue weighted by Crippen LogP contribution is -2.35. The first-order chi connectivity index (χ1) is 7.53.